The Morgan fingerprint density at radius 3 is 2.60 bits per heavy atom. The van der Waals surface area contributed by atoms with Gasteiger partial charge in [0.1, 0.15) is 5.69 Å². The normalized spacial score (nSPS) is 14.8. The number of hydrogen-bond acceptors (Lipinski definition) is 3. The zero-order valence-electron chi connectivity index (χ0n) is 14.7. The van der Waals surface area contributed by atoms with E-state index in [1.54, 1.807) is 17.8 Å². The van der Waals surface area contributed by atoms with Crippen molar-refractivity contribution in [3.05, 3.63) is 53.3 Å². The van der Waals surface area contributed by atoms with Crippen molar-refractivity contribution in [2.45, 2.75) is 32.2 Å². The van der Waals surface area contributed by atoms with Crippen LogP contribution in [0.15, 0.2) is 36.4 Å². The molecule has 1 aliphatic carbocycles. The topological polar surface area (TPSA) is 76.0 Å². The Labute approximate surface area is 147 Å². The number of nitrogens with one attached hydrogen (secondary N) is 2. The fraction of sp³-hybridized carbons (Fsp3) is 0.421. The van der Waals surface area contributed by atoms with Crippen LogP contribution in [0.5, 0.6) is 0 Å². The van der Waals surface area contributed by atoms with Gasteiger partial charge in [-0.3, -0.25) is 14.3 Å². The van der Waals surface area contributed by atoms with Gasteiger partial charge < -0.3 is 10.6 Å². The molecule has 0 aliphatic heterocycles. The molecule has 0 radical (unpaired) electrons. The Balaban J connectivity index is 1.84. The van der Waals surface area contributed by atoms with Gasteiger partial charge in [0, 0.05) is 19.7 Å². The van der Waals surface area contributed by atoms with Crippen LogP contribution in [0.4, 0.5) is 0 Å². The average Bonchev–Trinajstić information content (AvgIpc) is 3.36. The van der Waals surface area contributed by atoms with Crippen LogP contribution in [-0.4, -0.2) is 35.2 Å². The van der Waals surface area contributed by atoms with Crippen molar-refractivity contribution in [2.24, 2.45) is 5.92 Å². The van der Waals surface area contributed by atoms with Crippen LogP contribution in [0.25, 0.3) is 0 Å². The molecule has 1 fully saturated rings. The van der Waals surface area contributed by atoms with Crippen molar-refractivity contribution in [2.75, 3.05) is 13.6 Å². The summed E-state index contributed by atoms with van der Waals surface area (Å²) < 4.78 is 1.63. The van der Waals surface area contributed by atoms with Gasteiger partial charge in [0.25, 0.3) is 11.8 Å². The molecule has 1 atom stereocenters. The molecule has 1 saturated carbocycles. The molecule has 1 aliphatic rings. The molecule has 0 saturated heterocycles. The molecule has 1 aromatic carbocycles. The third-order valence-electron chi connectivity index (χ3n) is 4.61. The Morgan fingerprint density at radius 2 is 1.96 bits per heavy atom. The third-order valence-corrected chi connectivity index (χ3v) is 4.61. The van der Waals surface area contributed by atoms with Crippen LogP contribution >= 0.6 is 0 Å². The van der Waals surface area contributed by atoms with Gasteiger partial charge in [0.2, 0.25) is 0 Å². The number of hydrogen-bond donors (Lipinski definition) is 2. The van der Waals surface area contributed by atoms with Gasteiger partial charge in [-0.25, -0.2) is 0 Å². The van der Waals surface area contributed by atoms with Gasteiger partial charge in [-0.1, -0.05) is 43.2 Å². The van der Waals surface area contributed by atoms with Crippen molar-refractivity contribution in [3.8, 4) is 0 Å². The molecule has 1 heterocycles. The molecule has 1 aromatic heterocycles. The first-order valence-electron chi connectivity index (χ1n) is 8.75. The van der Waals surface area contributed by atoms with Gasteiger partial charge in [0.15, 0.2) is 5.69 Å². The van der Waals surface area contributed by atoms with E-state index >= 15 is 0 Å². The van der Waals surface area contributed by atoms with E-state index in [4.69, 9.17) is 0 Å². The minimum Gasteiger partial charge on any atom is -0.354 e. The second kappa shape index (κ2) is 7.51. The van der Waals surface area contributed by atoms with Crippen molar-refractivity contribution >= 4 is 11.8 Å². The molecule has 3 rings (SSSR count). The Hall–Kier alpha value is -2.63. The predicted molar refractivity (Wildman–Crippen MR) is 95.5 cm³/mol. The minimum absolute atomic E-state index is 0.149. The molecule has 2 N–H and O–H groups in total. The third kappa shape index (κ3) is 4.07. The van der Waals surface area contributed by atoms with E-state index in [9.17, 15) is 9.59 Å². The summed E-state index contributed by atoms with van der Waals surface area (Å²) >= 11 is 0. The number of carbonyl (C=O) groups is 2. The highest BCUT2D eigenvalue weighted by atomic mass is 16.2. The minimum atomic E-state index is -0.300. The number of nitrogens with zero attached hydrogens (tertiary/aromatic N) is 2. The lowest BCUT2D eigenvalue weighted by atomic mass is 10.1. The molecule has 6 heteroatoms. The van der Waals surface area contributed by atoms with Crippen molar-refractivity contribution < 1.29 is 9.59 Å². The summed E-state index contributed by atoms with van der Waals surface area (Å²) in [5, 5.41) is 9.89. The Bertz CT molecular complexity index is 750. The van der Waals surface area contributed by atoms with Crippen molar-refractivity contribution in [1.82, 2.24) is 20.4 Å². The van der Waals surface area contributed by atoms with E-state index in [0.29, 0.717) is 12.2 Å². The maximum Gasteiger partial charge on any atom is 0.271 e. The average molecular weight is 340 g/mol. The number of carbonyl (C=O) groups excluding carboxylic acids is 2. The summed E-state index contributed by atoms with van der Waals surface area (Å²) in [6.07, 6.45) is 3.54. The van der Waals surface area contributed by atoms with Gasteiger partial charge >= 0.3 is 0 Å². The van der Waals surface area contributed by atoms with E-state index < -0.39 is 0 Å². The molecule has 0 spiro atoms. The zero-order chi connectivity index (χ0) is 17.8. The lowest BCUT2D eigenvalue weighted by Crippen LogP contribution is -2.28. The van der Waals surface area contributed by atoms with E-state index in [1.807, 2.05) is 37.3 Å². The first-order valence-corrected chi connectivity index (χ1v) is 8.75. The molecule has 2 aromatic rings. The van der Waals surface area contributed by atoms with Gasteiger partial charge in [0.05, 0.1) is 6.04 Å². The lowest BCUT2D eigenvalue weighted by molar-refractivity contribution is 0.0937. The Kier molecular flexibility index (Phi) is 5.16. The molecule has 0 bridgehead atoms. The highest BCUT2D eigenvalue weighted by Gasteiger charge is 2.24. The number of rotatable bonds is 7. The number of aromatic nitrogens is 2. The van der Waals surface area contributed by atoms with E-state index in [1.165, 1.54) is 12.8 Å². The van der Waals surface area contributed by atoms with Crippen molar-refractivity contribution in [1.29, 1.82) is 0 Å². The fourth-order valence-electron chi connectivity index (χ4n) is 2.86. The monoisotopic (exact) mass is 340 g/mol. The smallest absolute Gasteiger partial charge is 0.271 e. The van der Waals surface area contributed by atoms with Gasteiger partial charge in [-0.05, 0) is 24.8 Å². The Morgan fingerprint density at radius 1 is 1.24 bits per heavy atom. The molecule has 6 nitrogen and oxygen atoms in total. The number of amides is 2. The van der Waals surface area contributed by atoms with E-state index in [-0.39, 0.29) is 23.6 Å². The summed E-state index contributed by atoms with van der Waals surface area (Å²) in [5.41, 5.74) is 1.68. The van der Waals surface area contributed by atoms with E-state index in [2.05, 4.69) is 15.7 Å². The largest absolute Gasteiger partial charge is 0.354 e. The van der Waals surface area contributed by atoms with Crippen LogP contribution < -0.4 is 10.6 Å². The SMILES string of the molecule is CNC(=O)c1cc(C(=O)NCCC2CC2)n([C@@H](C)c2ccccc2)n1. The second-order valence-corrected chi connectivity index (χ2v) is 6.51. The maximum atomic E-state index is 12.6. The highest BCUT2D eigenvalue weighted by molar-refractivity contribution is 5.97. The molecule has 0 unspecified atom stereocenters. The lowest BCUT2D eigenvalue weighted by Gasteiger charge is -2.16. The zero-order valence-corrected chi connectivity index (χ0v) is 14.7. The quantitative estimate of drug-likeness (QED) is 0.812. The summed E-state index contributed by atoms with van der Waals surface area (Å²) in [6, 6.07) is 11.2. The summed E-state index contributed by atoms with van der Waals surface area (Å²) in [7, 11) is 1.55. The van der Waals surface area contributed by atoms with Gasteiger partial charge in [-0.2, -0.15) is 5.10 Å². The maximum absolute atomic E-state index is 12.6. The first-order chi connectivity index (χ1) is 12.1. The van der Waals surface area contributed by atoms with Crippen molar-refractivity contribution in [3.63, 3.8) is 0 Å². The molecule has 132 valence electrons. The molecular weight excluding hydrogens is 316 g/mol. The highest BCUT2D eigenvalue weighted by Crippen LogP contribution is 2.31. The standard InChI is InChI=1S/C19H24N4O2/c1-13(15-6-4-3-5-7-15)23-17(12-16(22-23)18(24)20-2)19(25)21-11-10-14-8-9-14/h3-7,12-14H,8-11H2,1-2H3,(H,20,24)(H,21,25)/t13-/m0/s1. The fourth-order valence-corrected chi connectivity index (χ4v) is 2.86. The van der Waals surface area contributed by atoms with Crippen LogP contribution in [0, 0.1) is 5.92 Å². The van der Waals surface area contributed by atoms with Crippen LogP contribution in [0.3, 0.4) is 0 Å². The predicted octanol–water partition coefficient (Wildman–Crippen LogP) is 2.38. The van der Waals surface area contributed by atoms with Crippen LogP contribution in [0.1, 0.15) is 58.8 Å². The molecule has 2 amide bonds. The summed E-state index contributed by atoms with van der Waals surface area (Å²) in [5.74, 6) is 0.270. The molecule has 25 heavy (non-hydrogen) atoms. The summed E-state index contributed by atoms with van der Waals surface area (Å²) in [6.45, 7) is 2.63. The number of benzene rings is 1. The van der Waals surface area contributed by atoms with Gasteiger partial charge in [-0.15, -0.1) is 0 Å². The van der Waals surface area contributed by atoms with Crippen LogP contribution in [-0.2, 0) is 0 Å². The first kappa shape index (κ1) is 17.2. The molecular formula is C19H24N4O2. The second-order valence-electron chi connectivity index (χ2n) is 6.51. The van der Waals surface area contributed by atoms with Crippen LogP contribution in [0.2, 0.25) is 0 Å². The summed E-state index contributed by atoms with van der Waals surface area (Å²) in [4.78, 5) is 24.6. The van der Waals surface area contributed by atoms with E-state index in [0.717, 1.165) is 17.9 Å².